The highest BCUT2D eigenvalue weighted by atomic mass is 35.5. The van der Waals surface area contributed by atoms with Crippen molar-refractivity contribution >= 4 is 23.4 Å². The molecule has 0 radical (unpaired) electrons. The second-order valence-electron chi connectivity index (χ2n) is 7.82. The van der Waals surface area contributed by atoms with Gasteiger partial charge in [-0.05, 0) is 45.0 Å². The van der Waals surface area contributed by atoms with E-state index in [0.29, 0.717) is 18.7 Å². The molecule has 144 valence electrons. The van der Waals surface area contributed by atoms with Crippen LogP contribution in [0.25, 0.3) is 0 Å². The van der Waals surface area contributed by atoms with Crippen LogP contribution in [0.3, 0.4) is 0 Å². The van der Waals surface area contributed by atoms with E-state index in [1.54, 1.807) is 4.90 Å². The van der Waals surface area contributed by atoms with E-state index < -0.39 is 5.60 Å². The van der Waals surface area contributed by atoms with E-state index >= 15 is 0 Å². The Kier molecular flexibility index (Phi) is 5.52. The van der Waals surface area contributed by atoms with Crippen molar-refractivity contribution in [2.75, 3.05) is 44.2 Å². The molecule has 0 aliphatic carbocycles. The van der Waals surface area contributed by atoms with Crippen LogP contribution in [0.2, 0.25) is 5.02 Å². The van der Waals surface area contributed by atoms with Crippen LogP contribution in [0.1, 0.15) is 20.8 Å². The van der Waals surface area contributed by atoms with Gasteiger partial charge in [0.25, 0.3) is 0 Å². The van der Waals surface area contributed by atoms with Crippen LogP contribution in [0.5, 0.6) is 0 Å². The van der Waals surface area contributed by atoms with Gasteiger partial charge in [0.1, 0.15) is 5.60 Å². The van der Waals surface area contributed by atoms with E-state index in [9.17, 15) is 10.1 Å². The van der Waals surface area contributed by atoms with Crippen LogP contribution in [0.15, 0.2) is 35.5 Å². The predicted molar refractivity (Wildman–Crippen MR) is 106 cm³/mol. The van der Waals surface area contributed by atoms with Crippen molar-refractivity contribution < 1.29 is 9.53 Å². The number of benzene rings is 1. The summed E-state index contributed by atoms with van der Waals surface area (Å²) in [6.07, 6.45) is -0.370. The number of anilines is 1. The molecule has 2 heterocycles. The van der Waals surface area contributed by atoms with Crippen molar-refractivity contribution in [2.45, 2.75) is 26.4 Å². The van der Waals surface area contributed by atoms with E-state index in [0.717, 1.165) is 42.6 Å². The monoisotopic (exact) mass is 388 g/mol. The highest BCUT2D eigenvalue weighted by molar-refractivity contribution is 6.30. The molecule has 2 aliphatic rings. The molecule has 0 bridgehead atoms. The lowest BCUT2D eigenvalue weighted by Crippen LogP contribution is -2.47. The number of halogens is 1. The van der Waals surface area contributed by atoms with Gasteiger partial charge in [0.05, 0.1) is 24.7 Å². The van der Waals surface area contributed by atoms with Crippen LogP contribution >= 0.6 is 11.6 Å². The van der Waals surface area contributed by atoms with E-state index in [4.69, 9.17) is 16.3 Å². The first-order valence-electron chi connectivity index (χ1n) is 9.12. The summed E-state index contributed by atoms with van der Waals surface area (Å²) in [6.45, 7) is 9.61. The predicted octanol–water partition coefficient (Wildman–Crippen LogP) is 3.49. The number of ether oxygens (including phenoxy) is 1. The van der Waals surface area contributed by atoms with Gasteiger partial charge in [0.15, 0.2) is 0 Å². The number of piperazine rings is 1. The standard InChI is InChI=1S/C20H25ClN4O2/c1-20(2,3)27-19(26)25-13-15(12-22)18(14-25)24-10-8-23(9-11-24)17-6-4-16(21)5-7-17/h4-7H,8-11,13-14H2,1-3H3. The molecule has 27 heavy (non-hydrogen) atoms. The SMILES string of the molecule is CC(C)(C)OC(=O)N1CC(C#N)=C(N2CCN(c3ccc(Cl)cc3)CC2)C1. The molecule has 1 amide bonds. The minimum Gasteiger partial charge on any atom is -0.444 e. The molecule has 0 unspecified atom stereocenters. The smallest absolute Gasteiger partial charge is 0.410 e. The minimum atomic E-state index is -0.545. The molecule has 1 aromatic carbocycles. The summed E-state index contributed by atoms with van der Waals surface area (Å²) in [4.78, 5) is 18.5. The van der Waals surface area contributed by atoms with Crippen LogP contribution in [0, 0.1) is 11.3 Å². The first-order valence-corrected chi connectivity index (χ1v) is 9.50. The Morgan fingerprint density at radius 2 is 1.67 bits per heavy atom. The maximum atomic E-state index is 12.3. The Morgan fingerprint density at radius 3 is 2.22 bits per heavy atom. The summed E-state index contributed by atoms with van der Waals surface area (Å²) >= 11 is 5.97. The summed E-state index contributed by atoms with van der Waals surface area (Å²) in [5, 5.41) is 10.2. The normalized spacial score (nSPS) is 18.0. The van der Waals surface area contributed by atoms with E-state index in [1.807, 2.05) is 45.0 Å². The molecule has 0 aromatic heterocycles. The third-order valence-electron chi connectivity index (χ3n) is 4.68. The summed E-state index contributed by atoms with van der Waals surface area (Å²) < 4.78 is 5.45. The van der Waals surface area contributed by atoms with Gasteiger partial charge in [-0.2, -0.15) is 5.26 Å². The van der Waals surface area contributed by atoms with Gasteiger partial charge in [-0.1, -0.05) is 11.6 Å². The fourth-order valence-electron chi connectivity index (χ4n) is 3.35. The first kappa shape index (κ1) is 19.4. The van der Waals surface area contributed by atoms with E-state index in [-0.39, 0.29) is 6.09 Å². The number of amides is 1. The largest absolute Gasteiger partial charge is 0.444 e. The molecule has 0 atom stereocenters. The van der Waals surface area contributed by atoms with Gasteiger partial charge in [0, 0.05) is 42.6 Å². The summed E-state index contributed by atoms with van der Waals surface area (Å²) in [7, 11) is 0. The lowest BCUT2D eigenvalue weighted by atomic mass is 10.2. The van der Waals surface area contributed by atoms with E-state index in [1.165, 1.54) is 0 Å². The molecule has 6 nitrogen and oxygen atoms in total. The van der Waals surface area contributed by atoms with Crippen molar-refractivity contribution in [3.05, 3.63) is 40.6 Å². The second-order valence-corrected chi connectivity index (χ2v) is 8.26. The Bertz CT molecular complexity index is 769. The van der Waals surface area contributed by atoms with Crippen LogP contribution in [-0.4, -0.2) is 60.8 Å². The van der Waals surface area contributed by atoms with Crippen LogP contribution in [-0.2, 0) is 4.74 Å². The number of hydrogen-bond donors (Lipinski definition) is 0. The number of hydrogen-bond acceptors (Lipinski definition) is 5. The molecule has 2 aliphatic heterocycles. The number of nitrogens with zero attached hydrogens (tertiary/aromatic N) is 4. The second kappa shape index (κ2) is 7.69. The minimum absolute atomic E-state index is 0.318. The quantitative estimate of drug-likeness (QED) is 0.776. The average molecular weight is 389 g/mol. The molecule has 0 spiro atoms. The molecule has 7 heteroatoms. The molecule has 1 fully saturated rings. The van der Waals surface area contributed by atoms with Crippen molar-refractivity contribution in [1.82, 2.24) is 9.80 Å². The number of rotatable bonds is 2. The van der Waals surface area contributed by atoms with Gasteiger partial charge in [-0.25, -0.2) is 4.79 Å². The Balaban J connectivity index is 1.62. The lowest BCUT2D eigenvalue weighted by Gasteiger charge is -2.38. The van der Waals surface area contributed by atoms with Crippen LogP contribution in [0.4, 0.5) is 10.5 Å². The molecular formula is C20H25ClN4O2. The Morgan fingerprint density at radius 1 is 1.07 bits per heavy atom. The van der Waals surface area contributed by atoms with Gasteiger partial charge in [-0.15, -0.1) is 0 Å². The fourth-order valence-corrected chi connectivity index (χ4v) is 3.47. The Labute approximate surface area is 165 Å². The summed E-state index contributed by atoms with van der Waals surface area (Å²) in [5.74, 6) is 0. The topological polar surface area (TPSA) is 59.8 Å². The molecule has 0 saturated carbocycles. The molecule has 1 aromatic rings. The first-order chi connectivity index (χ1) is 12.8. The third-order valence-corrected chi connectivity index (χ3v) is 4.93. The number of carbonyl (C=O) groups excluding carboxylic acids is 1. The Hall–Kier alpha value is -2.39. The lowest BCUT2D eigenvalue weighted by molar-refractivity contribution is 0.0293. The van der Waals surface area contributed by atoms with Gasteiger partial charge >= 0.3 is 6.09 Å². The van der Waals surface area contributed by atoms with Crippen molar-refractivity contribution in [3.63, 3.8) is 0 Å². The molecule has 0 N–H and O–H groups in total. The van der Waals surface area contributed by atoms with Gasteiger partial charge in [0.2, 0.25) is 0 Å². The highest BCUT2D eigenvalue weighted by Crippen LogP contribution is 2.26. The highest BCUT2D eigenvalue weighted by Gasteiger charge is 2.33. The van der Waals surface area contributed by atoms with Gasteiger partial charge < -0.3 is 14.5 Å². The zero-order valence-electron chi connectivity index (χ0n) is 16.0. The maximum Gasteiger partial charge on any atom is 0.410 e. The van der Waals surface area contributed by atoms with Gasteiger partial charge in [-0.3, -0.25) is 4.90 Å². The summed E-state index contributed by atoms with van der Waals surface area (Å²) in [6, 6.07) is 10.1. The number of nitriles is 1. The van der Waals surface area contributed by atoms with E-state index in [2.05, 4.69) is 15.9 Å². The van der Waals surface area contributed by atoms with Crippen molar-refractivity contribution in [3.8, 4) is 6.07 Å². The van der Waals surface area contributed by atoms with Crippen molar-refractivity contribution in [1.29, 1.82) is 5.26 Å². The zero-order valence-corrected chi connectivity index (χ0v) is 16.8. The maximum absolute atomic E-state index is 12.3. The third kappa shape index (κ3) is 4.67. The fraction of sp³-hybridized carbons (Fsp3) is 0.500. The molecule has 3 rings (SSSR count). The average Bonchev–Trinajstić information content (AvgIpc) is 3.06. The number of carbonyl (C=O) groups is 1. The molecular weight excluding hydrogens is 364 g/mol. The molecule has 1 saturated heterocycles. The summed E-state index contributed by atoms with van der Waals surface area (Å²) in [5.41, 5.74) is 2.20. The van der Waals surface area contributed by atoms with Crippen LogP contribution < -0.4 is 4.90 Å². The van der Waals surface area contributed by atoms with Crippen molar-refractivity contribution in [2.24, 2.45) is 0 Å². The zero-order chi connectivity index (χ0) is 19.6.